The highest BCUT2D eigenvalue weighted by atomic mass is 32.1. The van der Waals surface area contributed by atoms with E-state index in [1.54, 1.807) is 33.2 Å². The number of rotatable bonds is 11. The molecule has 39 heavy (non-hydrogen) atoms. The van der Waals surface area contributed by atoms with Crippen LogP contribution < -0.4 is 5.32 Å². The highest BCUT2D eigenvalue weighted by Gasteiger charge is 2.33. The Morgan fingerprint density at radius 3 is 2.28 bits per heavy atom. The molecule has 0 aliphatic heterocycles. The summed E-state index contributed by atoms with van der Waals surface area (Å²) in [5, 5.41) is 4.63. The second-order valence-corrected chi connectivity index (χ2v) is 11.4. The first kappa shape index (κ1) is 31.7. The molecule has 0 radical (unpaired) electrons. The maximum Gasteiger partial charge on any atom is 0.410 e. The Balaban J connectivity index is 2.24. The Hall–Kier alpha value is -3.47. The number of aromatic nitrogens is 1. The van der Waals surface area contributed by atoms with E-state index in [1.807, 2.05) is 44.2 Å². The molecule has 11 heteroatoms. The van der Waals surface area contributed by atoms with E-state index in [0.29, 0.717) is 5.01 Å². The molecule has 2 aromatic rings. The van der Waals surface area contributed by atoms with Gasteiger partial charge in [-0.2, -0.15) is 0 Å². The Morgan fingerprint density at radius 2 is 1.74 bits per heavy atom. The third kappa shape index (κ3) is 9.97. The quantitative estimate of drug-likeness (QED) is 0.313. The van der Waals surface area contributed by atoms with Crippen molar-refractivity contribution in [3.8, 4) is 0 Å². The number of carbonyl (C=O) groups is 4. The minimum atomic E-state index is -0.910. The number of amides is 2. The second-order valence-electron chi connectivity index (χ2n) is 10.5. The molecule has 1 N–H and O–H groups in total. The number of thiazole rings is 1. The molecule has 1 aromatic heterocycles. The van der Waals surface area contributed by atoms with Gasteiger partial charge in [0.25, 0.3) is 5.91 Å². The summed E-state index contributed by atoms with van der Waals surface area (Å²) in [5.74, 6) is -1.65. The summed E-state index contributed by atoms with van der Waals surface area (Å²) in [6, 6.07) is 8.00. The summed E-state index contributed by atoms with van der Waals surface area (Å²) >= 11 is 1.16. The molecule has 2 amide bonds. The largest absolute Gasteiger partial charge is 0.467 e. The molecule has 3 atom stereocenters. The van der Waals surface area contributed by atoms with Crippen LogP contribution in [0.4, 0.5) is 4.79 Å². The number of methoxy groups -OCH3 is 1. The van der Waals surface area contributed by atoms with E-state index in [9.17, 15) is 19.2 Å². The van der Waals surface area contributed by atoms with E-state index in [0.717, 1.165) is 16.9 Å². The SMILES string of the molecule is COC(=O)[C@H](Cc1ccccc1)NC(=O)c1csc([C@@H](C[C@H](C(C)C)N(C)C(=O)OC(C)(C)C)OC(C)=O)n1. The van der Waals surface area contributed by atoms with Gasteiger partial charge in [-0.05, 0) is 32.3 Å². The van der Waals surface area contributed by atoms with Crippen molar-refractivity contribution in [2.75, 3.05) is 14.2 Å². The van der Waals surface area contributed by atoms with Gasteiger partial charge in [-0.25, -0.2) is 14.6 Å². The van der Waals surface area contributed by atoms with Gasteiger partial charge in [0, 0.05) is 38.2 Å². The van der Waals surface area contributed by atoms with Crippen molar-refractivity contribution >= 4 is 35.3 Å². The molecule has 1 heterocycles. The molecular formula is C28H39N3O7S. The van der Waals surface area contributed by atoms with Gasteiger partial charge >= 0.3 is 18.0 Å². The van der Waals surface area contributed by atoms with Crippen molar-refractivity contribution in [3.05, 3.63) is 52.0 Å². The first-order chi connectivity index (χ1) is 18.2. The summed E-state index contributed by atoms with van der Waals surface area (Å²) in [4.78, 5) is 56.0. The lowest BCUT2D eigenvalue weighted by atomic mass is 9.96. The number of carbonyl (C=O) groups excluding carboxylic acids is 4. The minimum Gasteiger partial charge on any atom is -0.467 e. The molecule has 214 valence electrons. The van der Waals surface area contributed by atoms with Crippen LogP contribution in [0.1, 0.15) is 75.1 Å². The zero-order valence-electron chi connectivity index (χ0n) is 23.8. The Morgan fingerprint density at radius 1 is 1.10 bits per heavy atom. The van der Waals surface area contributed by atoms with Crippen molar-refractivity contribution in [1.82, 2.24) is 15.2 Å². The third-order valence-electron chi connectivity index (χ3n) is 5.82. The fraction of sp³-hybridized carbons (Fsp3) is 0.536. The van der Waals surface area contributed by atoms with Gasteiger partial charge in [0.2, 0.25) is 0 Å². The van der Waals surface area contributed by atoms with Gasteiger partial charge in [-0.1, -0.05) is 44.2 Å². The van der Waals surface area contributed by atoms with E-state index in [-0.39, 0.29) is 30.5 Å². The topological polar surface area (TPSA) is 124 Å². The summed E-state index contributed by atoms with van der Waals surface area (Å²) in [6.07, 6.45) is -0.791. The van der Waals surface area contributed by atoms with Gasteiger partial charge < -0.3 is 24.4 Å². The number of esters is 2. The van der Waals surface area contributed by atoms with Crippen LogP contribution in [-0.2, 0) is 30.2 Å². The molecule has 0 aliphatic rings. The lowest BCUT2D eigenvalue weighted by Gasteiger charge is -2.34. The number of ether oxygens (including phenoxy) is 3. The summed E-state index contributed by atoms with van der Waals surface area (Å²) in [7, 11) is 2.90. The second kappa shape index (κ2) is 14.1. The predicted molar refractivity (Wildman–Crippen MR) is 147 cm³/mol. The smallest absolute Gasteiger partial charge is 0.410 e. The lowest BCUT2D eigenvalue weighted by molar-refractivity contribution is -0.148. The van der Waals surface area contributed by atoms with Crippen LogP contribution in [0.15, 0.2) is 35.7 Å². The fourth-order valence-corrected chi connectivity index (χ4v) is 4.76. The van der Waals surface area contributed by atoms with Crippen LogP contribution in [-0.4, -0.2) is 65.7 Å². The molecule has 0 saturated carbocycles. The standard InChI is InChI=1S/C28H39N3O7S/c1-17(2)22(31(7)27(35)38-28(4,5)6)15-23(37-18(3)32)25-30-21(16-39-25)24(33)29-20(26(34)36-8)14-19-12-10-9-11-13-19/h9-13,16-17,20,22-23H,14-15H2,1-8H3,(H,29,33)/t20-,22+,23+/m0/s1. The van der Waals surface area contributed by atoms with Gasteiger partial charge in [0.05, 0.1) is 7.11 Å². The number of hydrogen-bond acceptors (Lipinski definition) is 9. The molecule has 0 saturated heterocycles. The molecule has 0 fully saturated rings. The maximum atomic E-state index is 13.0. The van der Waals surface area contributed by atoms with Crippen molar-refractivity contribution in [2.24, 2.45) is 5.92 Å². The number of nitrogens with zero attached hydrogens (tertiary/aromatic N) is 2. The van der Waals surface area contributed by atoms with E-state index >= 15 is 0 Å². The maximum absolute atomic E-state index is 13.0. The average Bonchev–Trinajstić information content (AvgIpc) is 3.35. The van der Waals surface area contributed by atoms with Gasteiger partial charge in [-0.3, -0.25) is 9.59 Å². The Kier molecular flexibility index (Phi) is 11.5. The van der Waals surface area contributed by atoms with Crippen LogP contribution in [0.25, 0.3) is 0 Å². The third-order valence-corrected chi connectivity index (χ3v) is 6.75. The molecule has 2 rings (SSSR count). The Bertz CT molecular complexity index is 1130. The van der Waals surface area contributed by atoms with Crippen LogP contribution >= 0.6 is 11.3 Å². The van der Waals surface area contributed by atoms with Crippen molar-refractivity contribution in [1.29, 1.82) is 0 Å². The average molecular weight is 562 g/mol. The van der Waals surface area contributed by atoms with E-state index in [1.165, 1.54) is 18.9 Å². The summed E-state index contributed by atoms with van der Waals surface area (Å²) < 4.78 is 16.0. The van der Waals surface area contributed by atoms with Crippen molar-refractivity contribution in [2.45, 2.75) is 78.2 Å². The summed E-state index contributed by atoms with van der Waals surface area (Å²) in [5.41, 5.74) is 0.272. The van der Waals surface area contributed by atoms with Crippen LogP contribution in [0.5, 0.6) is 0 Å². The highest BCUT2D eigenvalue weighted by Crippen LogP contribution is 2.31. The summed E-state index contributed by atoms with van der Waals surface area (Å²) in [6.45, 7) is 10.6. The van der Waals surface area contributed by atoms with E-state index in [2.05, 4.69) is 10.3 Å². The zero-order valence-corrected chi connectivity index (χ0v) is 24.7. The van der Waals surface area contributed by atoms with E-state index in [4.69, 9.17) is 14.2 Å². The van der Waals surface area contributed by atoms with E-state index < -0.39 is 41.7 Å². The first-order valence-corrected chi connectivity index (χ1v) is 13.6. The molecule has 0 spiro atoms. The van der Waals surface area contributed by atoms with Gasteiger partial charge in [0.15, 0.2) is 6.10 Å². The number of nitrogens with one attached hydrogen (secondary N) is 1. The number of benzene rings is 1. The molecule has 0 unspecified atom stereocenters. The Labute approximate surface area is 234 Å². The molecular weight excluding hydrogens is 522 g/mol. The van der Waals surface area contributed by atoms with Gasteiger partial charge in [0.1, 0.15) is 22.3 Å². The van der Waals surface area contributed by atoms with Crippen LogP contribution in [0.2, 0.25) is 0 Å². The lowest BCUT2D eigenvalue weighted by Crippen LogP contribution is -2.44. The predicted octanol–water partition coefficient (Wildman–Crippen LogP) is 4.54. The molecule has 1 aromatic carbocycles. The van der Waals surface area contributed by atoms with Gasteiger partial charge in [-0.15, -0.1) is 11.3 Å². The van der Waals surface area contributed by atoms with Crippen LogP contribution in [0, 0.1) is 5.92 Å². The highest BCUT2D eigenvalue weighted by molar-refractivity contribution is 7.09. The van der Waals surface area contributed by atoms with Crippen molar-refractivity contribution in [3.63, 3.8) is 0 Å². The van der Waals surface area contributed by atoms with Crippen LogP contribution in [0.3, 0.4) is 0 Å². The number of hydrogen-bond donors (Lipinski definition) is 1. The first-order valence-electron chi connectivity index (χ1n) is 12.7. The molecule has 0 bridgehead atoms. The molecule has 0 aliphatic carbocycles. The fourth-order valence-electron chi connectivity index (χ4n) is 3.92. The minimum absolute atomic E-state index is 0.00195. The molecule has 10 nitrogen and oxygen atoms in total. The zero-order chi connectivity index (χ0) is 29.3. The van der Waals surface area contributed by atoms with Crippen molar-refractivity contribution < 1.29 is 33.4 Å². The normalized spacial score (nSPS) is 13.7. The monoisotopic (exact) mass is 561 g/mol.